The van der Waals surface area contributed by atoms with Gasteiger partial charge in [0.2, 0.25) is 5.91 Å². The highest BCUT2D eigenvalue weighted by Crippen LogP contribution is 2.35. The number of nitrogens with one attached hydrogen (secondary N) is 1. The third-order valence-corrected chi connectivity index (χ3v) is 4.90. The predicted octanol–water partition coefficient (Wildman–Crippen LogP) is 6.36. The summed E-state index contributed by atoms with van der Waals surface area (Å²) in [6.07, 6.45) is 0.867. The normalized spacial score (nSPS) is 11.9. The molecule has 2 N–H and O–H groups in total. The van der Waals surface area contributed by atoms with Gasteiger partial charge in [0, 0.05) is 11.6 Å². The van der Waals surface area contributed by atoms with Crippen molar-refractivity contribution in [3.63, 3.8) is 0 Å². The first-order valence-electron chi connectivity index (χ1n) is 9.99. The number of phenols is 1. The van der Waals surface area contributed by atoms with Crippen LogP contribution in [-0.2, 0) is 4.79 Å². The van der Waals surface area contributed by atoms with Gasteiger partial charge in [-0.2, -0.15) is 0 Å². The van der Waals surface area contributed by atoms with Crippen LogP contribution in [0.25, 0.3) is 11.1 Å². The standard InChI is InChI=1S/C26H27NO2/c1-4-24(19-8-6-5-7-9-19)25(21-12-16-23(28)17-13-21)20-10-14-22(15-11-20)27-26(29)18(2)3/h5-18,28H,4H2,1-3H3,(H,27,29)/b25-24-. The number of rotatable bonds is 6. The van der Waals surface area contributed by atoms with Gasteiger partial charge in [0.1, 0.15) is 5.75 Å². The van der Waals surface area contributed by atoms with Gasteiger partial charge in [0.15, 0.2) is 0 Å². The van der Waals surface area contributed by atoms with Gasteiger partial charge in [0.05, 0.1) is 0 Å². The molecule has 3 rings (SSSR count). The Bertz CT molecular complexity index is 985. The molecule has 3 heteroatoms. The molecule has 0 saturated carbocycles. The molecule has 3 aromatic rings. The van der Waals surface area contributed by atoms with Crippen molar-refractivity contribution < 1.29 is 9.90 Å². The second-order valence-electron chi connectivity index (χ2n) is 7.34. The minimum atomic E-state index is -0.0631. The van der Waals surface area contributed by atoms with E-state index in [0.29, 0.717) is 0 Å². The Morgan fingerprint density at radius 1 is 0.828 bits per heavy atom. The van der Waals surface area contributed by atoms with Crippen LogP contribution in [0.2, 0.25) is 0 Å². The van der Waals surface area contributed by atoms with Gasteiger partial charge in [-0.1, -0.05) is 75.4 Å². The maximum absolute atomic E-state index is 12.0. The fraction of sp³-hybridized carbons (Fsp3) is 0.192. The van der Waals surface area contributed by atoms with Crippen LogP contribution in [0.4, 0.5) is 5.69 Å². The average Bonchev–Trinajstić information content (AvgIpc) is 2.74. The number of hydrogen-bond acceptors (Lipinski definition) is 2. The van der Waals surface area contributed by atoms with E-state index in [2.05, 4.69) is 24.4 Å². The van der Waals surface area contributed by atoms with Gasteiger partial charge in [-0.05, 0) is 58.5 Å². The monoisotopic (exact) mass is 385 g/mol. The van der Waals surface area contributed by atoms with Crippen molar-refractivity contribution in [1.82, 2.24) is 0 Å². The molecular weight excluding hydrogens is 358 g/mol. The number of anilines is 1. The minimum Gasteiger partial charge on any atom is -0.508 e. The molecular formula is C26H27NO2. The molecule has 0 aromatic heterocycles. The molecule has 0 bridgehead atoms. The summed E-state index contributed by atoms with van der Waals surface area (Å²) < 4.78 is 0. The molecule has 0 atom stereocenters. The molecule has 0 radical (unpaired) electrons. The molecule has 0 fully saturated rings. The topological polar surface area (TPSA) is 49.3 Å². The summed E-state index contributed by atoms with van der Waals surface area (Å²) in [5.41, 5.74) is 6.43. The second kappa shape index (κ2) is 9.24. The van der Waals surface area contributed by atoms with Gasteiger partial charge in [-0.25, -0.2) is 0 Å². The number of carbonyl (C=O) groups excluding carboxylic acids is 1. The predicted molar refractivity (Wildman–Crippen MR) is 121 cm³/mol. The molecule has 0 aliphatic carbocycles. The van der Waals surface area contributed by atoms with E-state index in [0.717, 1.165) is 28.8 Å². The summed E-state index contributed by atoms with van der Waals surface area (Å²) in [6, 6.07) is 25.6. The van der Waals surface area contributed by atoms with Gasteiger partial charge in [-0.3, -0.25) is 4.79 Å². The van der Waals surface area contributed by atoms with E-state index >= 15 is 0 Å². The number of phenolic OH excluding ortho intramolecular Hbond substituents is 1. The molecule has 0 aliphatic heterocycles. The molecule has 1 amide bonds. The lowest BCUT2D eigenvalue weighted by Crippen LogP contribution is -2.17. The number of amides is 1. The van der Waals surface area contributed by atoms with Gasteiger partial charge in [-0.15, -0.1) is 0 Å². The quantitative estimate of drug-likeness (QED) is 0.485. The molecule has 148 valence electrons. The van der Waals surface area contributed by atoms with Gasteiger partial charge >= 0.3 is 0 Å². The third-order valence-electron chi connectivity index (χ3n) is 4.90. The van der Waals surface area contributed by atoms with Crippen LogP contribution in [0, 0.1) is 5.92 Å². The summed E-state index contributed by atoms with van der Waals surface area (Å²) >= 11 is 0. The lowest BCUT2D eigenvalue weighted by Gasteiger charge is -2.17. The SMILES string of the molecule is CC/C(=C(/c1ccc(O)cc1)c1ccc(NC(=O)C(C)C)cc1)c1ccccc1. The summed E-state index contributed by atoms with van der Waals surface area (Å²) in [5.74, 6) is 0.190. The van der Waals surface area contributed by atoms with E-state index < -0.39 is 0 Å². The minimum absolute atomic E-state index is 0.00517. The van der Waals surface area contributed by atoms with Crippen LogP contribution >= 0.6 is 0 Å². The first kappa shape index (κ1) is 20.4. The van der Waals surface area contributed by atoms with E-state index in [1.165, 1.54) is 11.1 Å². The smallest absolute Gasteiger partial charge is 0.226 e. The number of allylic oxidation sites excluding steroid dienone is 1. The van der Waals surface area contributed by atoms with Crippen LogP contribution in [0.5, 0.6) is 5.75 Å². The summed E-state index contributed by atoms with van der Waals surface area (Å²) in [6.45, 7) is 5.91. The largest absolute Gasteiger partial charge is 0.508 e. The van der Waals surface area contributed by atoms with Crippen molar-refractivity contribution in [2.24, 2.45) is 5.92 Å². The molecule has 3 aromatic carbocycles. The lowest BCUT2D eigenvalue weighted by atomic mass is 9.88. The molecule has 0 heterocycles. The highest BCUT2D eigenvalue weighted by Gasteiger charge is 2.14. The fourth-order valence-electron chi connectivity index (χ4n) is 3.31. The Balaban J connectivity index is 2.10. The van der Waals surface area contributed by atoms with Crippen LogP contribution in [0.15, 0.2) is 78.9 Å². The zero-order valence-electron chi connectivity index (χ0n) is 17.1. The van der Waals surface area contributed by atoms with Crippen molar-refractivity contribution in [3.05, 3.63) is 95.6 Å². The summed E-state index contributed by atoms with van der Waals surface area (Å²) in [5, 5.41) is 12.7. The molecule has 3 nitrogen and oxygen atoms in total. The van der Waals surface area contributed by atoms with Crippen molar-refractivity contribution in [1.29, 1.82) is 0 Å². The molecule has 29 heavy (non-hydrogen) atoms. The van der Waals surface area contributed by atoms with E-state index in [9.17, 15) is 9.90 Å². The van der Waals surface area contributed by atoms with Gasteiger partial charge in [0.25, 0.3) is 0 Å². The van der Waals surface area contributed by atoms with Gasteiger partial charge < -0.3 is 10.4 Å². The number of aromatic hydroxyl groups is 1. The van der Waals surface area contributed by atoms with E-state index in [-0.39, 0.29) is 17.6 Å². The van der Waals surface area contributed by atoms with Crippen molar-refractivity contribution in [3.8, 4) is 5.75 Å². The third kappa shape index (κ3) is 4.94. The Hall–Kier alpha value is -3.33. The number of hydrogen-bond donors (Lipinski definition) is 2. The molecule has 0 spiro atoms. The zero-order valence-corrected chi connectivity index (χ0v) is 17.1. The Labute approximate surface area is 172 Å². The first-order valence-corrected chi connectivity index (χ1v) is 9.99. The lowest BCUT2D eigenvalue weighted by molar-refractivity contribution is -0.118. The van der Waals surface area contributed by atoms with Crippen molar-refractivity contribution in [2.45, 2.75) is 27.2 Å². The second-order valence-corrected chi connectivity index (χ2v) is 7.34. The summed E-state index contributed by atoms with van der Waals surface area (Å²) in [7, 11) is 0. The maximum atomic E-state index is 12.0. The van der Waals surface area contributed by atoms with Crippen LogP contribution in [0.1, 0.15) is 43.9 Å². The molecule has 0 saturated heterocycles. The van der Waals surface area contributed by atoms with Crippen LogP contribution in [-0.4, -0.2) is 11.0 Å². The van der Waals surface area contributed by atoms with Crippen molar-refractivity contribution in [2.75, 3.05) is 5.32 Å². The molecule has 0 unspecified atom stereocenters. The van der Waals surface area contributed by atoms with E-state index in [1.54, 1.807) is 12.1 Å². The highest BCUT2D eigenvalue weighted by molar-refractivity contribution is 5.99. The van der Waals surface area contributed by atoms with Crippen molar-refractivity contribution >= 4 is 22.7 Å². The number of carbonyl (C=O) groups is 1. The summed E-state index contributed by atoms with van der Waals surface area (Å²) in [4.78, 5) is 12.0. The Kier molecular flexibility index (Phi) is 6.50. The fourth-order valence-corrected chi connectivity index (χ4v) is 3.31. The highest BCUT2D eigenvalue weighted by atomic mass is 16.3. The maximum Gasteiger partial charge on any atom is 0.226 e. The molecule has 0 aliphatic rings. The first-order chi connectivity index (χ1) is 14.0. The average molecular weight is 386 g/mol. The van der Waals surface area contributed by atoms with Crippen LogP contribution in [0.3, 0.4) is 0 Å². The number of benzene rings is 3. The van der Waals surface area contributed by atoms with E-state index in [1.807, 2.05) is 68.4 Å². The Morgan fingerprint density at radius 3 is 1.90 bits per heavy atom. The Morgan fingerprint density at radius 2 is 1.38 bits per heavy atom. The van der Waals surface area contributed by atoms with E-state index in [4.69, 9.17) is 0 Å². The zero-order chi connectivity index (χ0) is 20.8. The van der Waals surface area contributed by atoms with Crippen LogP contribution < -0.4 is 5.32 Å².